The van der Waals surface area contributed by atoms with Crippen LogP contribution < -0.4 is 10.6 Å². The van der Waals surface area contributed by atoms with Gasteiger partial charge in [-0.15, -0.1) is 0 Å². The highest BCUT2D eigenvalue weighted by Crippen LogP contribution is 2.18. The van der Waals surface area contributed by atoms with Crippen LogP contribution in [0.4, 0.5) is 10.5 Å². The Morgan fingerprint density at radius 2 is 2.00 bits per heavy atom. The van der Waals surface area contributed by atoms with Gasteiger partial charge in [0.05, 0.1) is 12.7 Å². The minimum Gasteiger partial charge on any atom is -0.371 e. The van der Waals surface area contributed by atoms with Gasteiger partial charge >= 0.3 is 6.03 Å². The normalized spacial score (nSPS) is 17.4. The lowest BCUT2D eigenvalue weighted by molar-refractivity contribution is 0.250. The lowest BCUT2D eigenvalue weighted by Crippen LogP contribution is -2.31. The van der Waals surface area contributed by atoms with E-state index in [1.54, 1.807) is 0 Å². The van der Waals surface area contributed by atoms with Gasteiger partial charge in [0.2, 0.25) is 0 Å². The molecule has 1 fully saturated rings. The largest absolute Gasteiger partial charge is 0.371 e. The van der Waals surface area contributed by atoms with E-state index in [2.05, 4.69) is 10.6 Å². The van der Waals surface area contributed by atoms with Gasteiger partial charge in [0.25, 0.3) is 0 Å². The van der Waals surface area contributed by atoms with Gasteiger partial charge in [-0.25, -0.2) is 4.79 Å². The summed E-state index contributed by atoms with van der Waals surface area (Å²) < 4.78 is 5.02. The minimum absolute atomic E-state index is 0.194. The van der Waals surface area contributed by atoms with E-state index in [1.807, 2.05) is 42.5 Å². The predicted octanol–water partition coefficient (Wildman–Crippen LogP) is 2.36. The number of nitrogens with one attached hydrogen (secondary N) is 2. The first-order chi connectivity index (χ1) is 8.81. The molecule has 4 heteroatoms. The second kappa shape index (κ2) is 4.66. The van der Waals surface area contributed by atoms with Crippen LogP contribution in [0.25, 0.3) is 10.8 Å². The van der Waals surface area contributed by atoms with Crippen LogP contribution in [0.3, 0.4) is 0 Å². The molecule has 1 aliphatic heterocycles. The zero-order valence-electron chi connectivity index (χ0n) is 9.85. The zero-order chi connectivity index (χ0) is 12.4. The van der Waals surface area contributed by atoms with Gasteiger partial charge < -0.3 is 15.4 Å². The number of urea groups is 1. The van der Waals surface area contributed by atoms with Gasteiger partial charge in [0, 0.05) is 12.2 Å². The number of carbonyl (C=O) groups is 1. The van der Waals surface area contributed by atoms with Crippen molar-refractivity contribution >= 4 is 22.5 Å². The van der Waals surface area contributed by atoms with Crippen LogP contribution in [-0.2, 0) is 4.74 Å². The third-order valence-electron chi connectivity index (χ3n) is 2.90. The molecule has 1 heterocycles. The third kappa shape index (κ3) is 2.60. The fourth-order valence-corrected chi connectivity index (χ4v) is 1.83. The van der Waals surface area contributed by atoms with Crippen LogP contribution in [0.15, 0.2) is 42.5 Å². The first-order valence-electron chi connectivity index (χ1n) is 5.96. The lowest BCUT2D eigenvalue weighted by Gasteiger charge is -2.07. The molecule has 0 spiro atoms. The highest BCUT2D eigenvalue weighted by atomic mass is 16.6. The fourth-order valence-electron chi connectivity index (χ4n) is 1.83. The van der Waals surface area contributed by atoms with Crippen LogP contribution in [0.5, 0.6) is 0 Å². The third-order valence-corrected chi connectivity index (χ3v) is 2.90. The van der Waals surface area contributed by atoms with Gasteiger partial charge in [-0.3, -0.25) is 0 Å². The van der Waals surface area contributed by atoms with Crippen LogP contribution in [0.2, 0.25) is 0 Å². The SMILES string of the molecule is O=C(NCC1CO1)Nc1ccc2ccccc2c1. The standard InChI is InChI=1S/C14H14N2O2/c17-14(15-8-13-9-18-13)16-12-6-5-10-3-1-2-4-11(10)7-12/h1-7,13H,8-9H2,(H2,15,16,17). The summed E-state index contributed by atoms with van der Waals surface area (Å²) in [6.45, 7) is 1.32. The Balaban J connectivity index is 1.67. The molecular weight excluding hydrogens is 228 g/mol. The number of anilines is 1. The van der Waals surface area contributed by atoms with Crippen molar-refractivity contribution in [3.05, 3.63) is 42.5 Å². The topological polar surface area (TPSA) is 53.7 Å². The van der Waals surface area contributed by atoms with Gasteiger partial charge in [0.1, 0.15) is 0 Å². The molecule has 0 bridgehead atoms. The molecule has 1 aliphatic rings. The quantitative estimate of drug-likeness (QED) is 0.812. The van der Waals surface area contributed by atoms with E-state index >= 15 is 0 Å². The molecule has 4 nitrogen and oxygen atoms in total. The van der Waals surface area contributed by atoms with Crippen molar-refractivity contribution in [3.8, 4) is 0 Å². The van der Waals surface area contributed by atoms with Gasteiger partial charge in [-0.2, -0.15) is 0 Å². The maximum atomic E-state index is 11.6. The van der Waals surface area contributed by atoms with Gasteiger partial charge in [-0.05, 0) is 22.9 Å². The molecule has 0 saturated carbocycles. The summed E-state index contributed by atoms with van der Waals surface area (Å²) in [5.41, 5.74) is 0.794. The number of benzene rings is 2. The van der Waals surface area contributed by atoms with E-state index in [1.165, 1.54) is 0 Å². The van der Waals surface area contributed by atoms with Crippen molar-refractivity contribution in [3.63, 3.8) is 0 Å². The number of ether oxygens (including phenoxy) is 1. The molecule has 1 unspecified atom stereocenters. The molecule has 0 aromatic heterocycles. The van der Waals surface area contributed by atoms with Crippen molar-refractivity contribution in [1.29, 1.82) is 0 Å². The maximum Gasteiger partial charge on any atom is 0.319 e. The van der Waals surface area contributed by atoms with Gasteiger partial charge in [0.15, 0.2) is 0 Å². The number of hydrogen-bond acceptors (Lipinski definition) is 2. The Hall–Kier alpha value is -2.07. The number of rotatable bonds is 3. The molecule has 18 heavy (non-hydrogen) atoms. The van der Waals surface area contributed by atoms with E-state index in [0.717, 1.165) is 23.1 Å². The first kappa shape index (κ1) is 11.0. The predicted molar refractivity (Wildman–Crippen MR) is 70.7 cm³/mol. The number of hydrogen-bond donors (Lipinski definition) is 2. The van der Waals surface area contributed by atoms with E-state index in [-0.39, 0.29) is 12.1 Å². The molecule has 0 aliphatic carbocycles. The summed E-state index contributed by atoms with van der Waals surface area (Å²) in [6.07, 6.45) is 0.201. The molecule has 3 rings (SSSR count). The summed E-state index contributed by atoms with van der Waals surface area (Å²) in [6, 6.07) is 13.7. The summed E-state index contributed by atoms with van der Waals surface area (Å²) in [5, 5.41) is 7.85. The fraction of sp³-hybridized carbons (Fsp3) is 0.214. The second-order valence-corrected chi connectivity index (χ2v) is 4.35. The number of epoxide rings is 1. The Labute approximate surface area is 105 Å². The van der Waals surface area contributed by atoms with Crippen molar-refractivity contribution in [1.82, 2.24) is 5.32 Å². The minimum atomic E-state index is -0.194. The number of carbonyl (C=O) groups excluding carboxylic acids is 1. The monoisotopic (exact) mass is 242 g/mol. The molecular formula is C14H14N2O2. The summed E-state index contributed by atoms with van der Waals surface area (Å²) in [4.78, 5) is 11.6. The smallest absolute Gasteiger partial charge is 0.319 e. The highest BCUT2D eigenvalue weighted by molar-refractivity contribution is 5.93. The second-order valence-electron chi connectivity index (χ2n) is 4.35. The van der Waals surface area contributed by atoms with Crippen molar-refractivity contribution in [2.75, 3.05) is 18.5 Å². The Kier molecular flexibility index (Phi) is 2.86. The number of amides is 2. The van der Waals surface area contributed by atoms with Crippen LogP contribution in [-0.4, -0.2) is 25.3 Å². The molecule has 2 amide bonds. The van der Waals surface area contributed by atoms with Crippen LogP contribution in [0.1, 0.15) is 0 Å². The van der Waals surface area contributed by atoms with E-state index < -0.39 is 0 Å². The Morgan fingerprint density at radius 3 is 2.78 bits per heavy atom. The molecule has 2 aromatic rings. The summed E-state index contributed by atoms with van der Waals surface area (Å²) in [7, 11) is 0. The molecule has 2 N–H and O–H groups in total. The average molecular weight is 242 g/mol. The maximum absolute atomic E-state index is 11.6. The molecule has 1 saturated heterocycles. The Bertz CT molecular complexity index is 579. The molecule has 1 atom stereocenters. The highest BCUT2D eigenvalue weighted by Gasteiger charge is 2.22. The Morgan fingerprint density at radius 1 is 1.22 bits per heavy atom. The van der Waals surface area contributed by atoms with Crippen LogP contribution >= 0.6 is 0 Å². The van der Waals surface area contributed by atoms with Crippen molar-refractivity contribution in [2.45, 2.75) is 6.10 Å². The zero-order valence-corrected chi connectivity index (χ0v) is 9.85. The molecule has 92 valence electrons. The molecule has 2 aromatic carbocycles. The lowest BCUT2D eigenvalue weighted by atomic mass is 10.1. The van der Waals surface area contributed by atoms with Crippen molar-refractivity contribution in [2.24, 2.45) is 0 Å². The number of fused-ring (bicyclic) bond motifs is 1. The summed E-state index contributed by atoms with van der Waals surface area (Å²) >= 11 is 0. The van der Waals surface area contributed by atoms with Crippen LogP contribution in [0, 0.1) is 0 Å². The average Bonchev–Trinajstić information content (AvgIpc) is 3.20. The van der Waals surface area contributed by atoms with E-state index in [0.29, 0.717) is 6.54 Å². The van der Waals surface area contributed by atoms with E-state index in [4.69, 9.17) is 4.74 Å². The van der Waals surface area contributed by atoms with E-state index in [9.17, 15) is 4.79 Å². The van der Waals surface area contributed by atoms with Crippen molar-refractivity contribution < 1.29 is 9.53 Å². The summed E-state index contributed by atoms with van der Waals surface area (Å²) in [5.74, 6) is 0. The molecule has 0 radical (unpaired) electrons. The first-order valence-corrected chi connectivity index (χ1v) is 5.96. The van der Waals surface area contributed by atoms with Gasteiger partial charge in [-0.1, -0.05) is 30.3 Å².